The smallest absolute Gasteiger partial charge is 0.289 e. The van der Waals surface area contributed by atoms with Crippen molar-refractivity contribution in [1.82, 2.24) is 4.90 Å². The van der Waals surface area contributed by atoms with Gasteiger partial charge < -0.3 is 14.1 Å². The minimum absolute atomic E-state index is 0.164. The summed E-state index contributed by atoms with van der Waals surface area (Å²) in [4.78, 5) is 14.6. The summed E-state index contributed by atoms with van der Waals surface area (Å²) in [5.41, 5.74) is 0. The zero-order valence-corrected chi connectivity index (χ0v) is 13.9. The van der Waals surface area contributed by atoms with Crippen molar-refractivity contribution in [2.75, 3.05) is 26.3 Å². The van der Waals surface area contributed by atoms with Gasteiger partial charge in [0, 0.05) is 13.1 Å². The highest BCUT2D eigenvalue weighted by Crippen LogP contribution is 2.22. The number of amides is 1. The Morgan fingerprint density at radius 1 is 1.17 bits per heavy atom. The molecular weight excluding hydrogens is 338 g/mol. The van der Waals surface area contributed by atoms with Crippen molar-refractivity contribution in [1.29, 1.82) is 0 Å². The maximum Gasteiger partial charge on any atom is 0.289 e. The Morgan fingerprint density at radius 2 is 1.91 bits per heavy atom. The maximum absolute atomic E-state index is 12.4. The Bertz CT molecular complexity index is 724. The minimum atomic E-state index is -1.32. The van der Waals surface area contributed by atoms with Gasteiger partial charge in [-0.2, -0.15) is 0 Å². The van der Waals surface area contributed by atoms with Gasteiger partial charge >= 0.3 is 0 Å². The monoisotopic (exact) mass is 353 g/mol. The predicted octanol–water partition coefficient (Wildman–Crippen LogP) is 2.71. The molecule has 2 aromatic rings. The number of furan rings is 1. The van der Waals surface area contributed by atoms with Crippen molar-refractivity contribution >= 4 is 28.3 Å². The molecule has 1 saturated heterocycles. The van der Waals surface area contributed by atoms with Crippen molar-refractivity contribution < 1.29 is 18.2 Å². The van der Waals surface area contributed by atoms with Gasteiger partial charge in [0.25, 0.3) is 5.91 Å². The van der Waals surface area contributed by atoms with Gasteiger partial charge in [0.2, 0.25) is 0 Å². The lowest BCUT2D eigenvalue weighted by Gasteiger charge is -2.25. The molecule has 1 fully saturated rings. The van der Waals surface area contributed by atoms with E-state index in [1.165, 1.54) is 0 Å². The number of carbonyl (C=O) groups excluding carboxylic acids is 1. The molecule has 0 spiro atoms. The van der Waals surface area contributed by atoms with Crippen LogP contribution in [0.25, 0.3) is 0 Å². The average Bonchev–Trinajstić information content (AvgIpc) is 3.03. The SMILES string of the molecule is O=C(c1ccc(C[S@](=O)c2ccccc2Cl)o1)N1CCOCC1. The van der Waals surface area contributed by atoms with Crippen molar-refractivity contribution in [3.8, 4) is 0 Å². The van der Waals surface area contributed by atoms with Crippen molar-refractivity contribution in [3.63, 3.8) is 0 Å². The van der Waals surface area contributed by atoms with Gasteiger partial charge in [-0.05, 0) is 24.3 Å². The number of rotatable bonds is 4. The second-order valence-corrected chi connectivity index (χ2v) is 6.92. The van der Waals surface area contributed by atoms with Crippen LogP contribution in [0.15, 0.2) is 45.7 Å². The molecule has 0 aliphatic carbocycles. The summed E-state index contributed by atoms with van der Waals surface area (Å²) in [5.74, 6) is 0.779. The van der Waals surface area contributed by atoms with E-state index in [0.29, 0.717) is 42.0 Å². The lowest BCUT2D eigenvalue weighted by Crippen LogP contribution is -2.40. The number of hydrogen-bond donors (Lipinski definition) is 0. The maximum atomic E-state index is 12.4. The van der Waals surface area contributed by atoms with E-state index >= 15 is 0 Å². The normalized spacial score (nSPS) is 16.3. The summed E-state index contributed by atoms with van der Waals surface area (Å²) in [6, 6.07) is 10.3. The lowest BCUT2D eigenvalue weighted by molar-refractivity contribution is 0.0282. The van der Waals surface area contributed by atoms with Gasteiger partial charge in [-0.1, -0.05) is 23.7 Å². The molecule has 0 saturated carbocycles. The first-order chi connectivity index (χ1) is 11.1. The number of hydrogen-bond acceptors (Lipinski definition) is 4. The molecule has 3 rings (SSSR count). The van der Waals surface area contributed by atoms with E-state index in [2.05, 4.69) is 0 Å². The second-order valence-electron chi connectivity index (χ2n) is 5.09. The van der Waals surface area contributed by atoms with E-state index < -0.39 is 10.8 Å². The van der Waals surface area contributed by atoms with Crippen molar-refractivity contribution in [3.05, 3.63) is 52.9 Å². The largest absolute Gasteiger partial charge is 0.455 e. The summed E-state index contributed by atoms with van der Waals surface area (Å²) in [5, 5.41) is 0.460. The molecule has 1 atom stereocenters. The van der Waals surface area contributed by atoms with Gasteiger partial charge in [-0.15, -0.1) is 0 Å². The van der Waals surface area contributed by atoms with E-state index in [4.69, 9.17) is 20.8 Å². The molecule has 0 radical (unpaired) electrons. The van der Waals surface area contributed by atoms with E-state index in [-0.39, 0.29) is 17.4 Å². The molecule has 1 aliphatic heterocycles. The van der Waals surface area contributed by atoms with E-state index in [9.17, 15) is 9.00 Å². The van der Waals surface area contributed by atoms with Crippen molar-refractivity contribution in [2.45, 2.75) is 10.6 Å². The number of halogens is 1. The zero-order chi connectivity index (χ0) is 16.2. The molecule has 0 N–H and O–H groups in total. The molecule has 0 unspecified atom stereocenters. The summed E-state index contributed by atoms with van der Waals surface area (Å²) in [7, 11) is -1.32. The second kappa shape index (κ2) is 7.29. The van der Waals surface area contributed by atoms with Crippen LogP contribution in [-0.4, -0.2) is 41.3 Å². The number of morpholine rings is 1. The molecule has 5 nitrogen and oxygen atoms in total. The zero-order valence-electron chi connectivity index (χ0n) is 12.4. The summed E-state index contributed by atoms with van der Waals surface area (Å²) < 4.78 is 23.2. The standard InChI is InChI=1S/C16H16ClNO4S/c17-13-3-1-2-4-15(13)23(20)11-12-5-6-14(22-12)16(19)18-7-9-21-10-8-18/h1-6H,7-11H2/t23-/m0/s1. The molecular formula is C16H16ClNO4S. The first-order valence-electron chi connectivity index (χ1n) is 7.24. The Morgan fingerprint density at radius 3 is 2.65 bits per heavy atom. The highest BCUT2D eigenvalue weighted by atomic mass is 35.5. The van der Waals surface area contributed by atoms with Crippen LogP contribution in [0.4, 0.5) is 0 Å². The quantitative estimate of drug-likeness (QED) is 0.848. The molecule has 1 aromatic carbocycles. The van der Waals surface area contributed by atoms with Crippen LogP contribution >= 0.6 is 11.6 Å². The van der Waals surface area contributed by atoms with Gasteiger partial charge in [-0.3, -0.25) is 9.00 Å². The number of nitrogens with zero attached hydrogens (tertiary/aromatic N) is 1. The van der Waals surface area contributed by atoms with Gasteiger partial charge in [0.05, 0.1) is 39.7 Å². The first kappa shape index (κ1) is 16.2. The van der Waals surface area contributed by atoms with Gasteiger partial charge in [0.1, 0.15) is 5.76 Å². The Labute approximate surface area is 141 Å². The average molecular weight is 354 g/mol. The Kier molecular flexibility index (Phi) is 5.15. The highest BCUT2D eigenvalue weighted by Gasteiger charge is 2.22. The molecule has 1 amide bonds. The van der Waals surface area contributed by atoms with E-state index in [0.717, 1.165) is 0 Å². The number of carbonyl (C=O) groups is 1. The fourth-order valence-electron chi connectivity index (χ4n) is 2.33. The molecule has 1 aromatic heterocycles. The van der Waals surface area contributed by atoms with E-state index in [1.807, 2.05) is 0 Å². The van der Waals surface area contributed by atoms with Gasteiger partial charge in [-0.25, -0.2) is 0 Å². The van der Waals surface area contributed by atoms with Crippen LogP contribution in [0.3, 0.4) is 0 Å². The lowest BCUT2D eigenvalue weighted by atomic mass is 10.3. The third-order valence-electron chi connectivity index (χ3n) is 3.53. The molecule has 7 heteroatoms. The van der Waals surface area contributed by atoms with E-state index in [1.54, 1.807) is 41.3 Å². The summed E-state index contributed by atoms with van der Waals surface area (Å²) >= 11 is 6.05. The number of ether oxygens (including phenoxy) is 1. The number of benzene rings is 1. The molecule has 0 bridgehead atoms. The van der Waals surface area contributed by atoms with Crippen LogP contribution in [0.1, 0.15) is 16.3 Å². The minimum Gasteiger partial charge on any atom is -0.455 e. The summed E-state index contributed by atoms with van der Waals surface area (Å²) in [6.45, 7) is 2.19. The van der Waals surface area contributed by atoms with Crippen LogP contribution in [-0.2, 0) is 21.3 Å². The fourth-order valence-corrected chi connectivity index (χ4v) is 3.81. The molecule has 1 aliphatic rings. The third kappa shape index (κ3) is 3.83. The fraction of sp³-hybridized carbons (Fsp3) is 0.312. The predicted molar refractivity (Wildman–Crippen MR) is 87.0 cm³/mol. The van der Waals surface area contributed by atoms with Crippen LogP contribution < -0.4 is 0 Å². The first-order valence-corrected chi connectivity index (χ1v) is 8.93. The van der Waals surface area contributed by atoms with Gasteiger partial charge in [0.15, 0.2) is 5.76 Å². The highest BCUT2D eigenvalue weighted by molar-refractivity contribution is 7.84. The van der Waals surface area contributed by atoms with Crippen molar-refractivity contribution in [2.24, 2.45) is 0 Å². The Hall–Kier alpha value is -1.63. The topological polar surface area (TPSA) is 59.8 Å². The van der Waals surface area contributed by atoms with Crippen LogP contribution in [0.5, 0.6) is 0 Å². The molecule has 2 heterocycles. The summed E-state index contributed by atoms with van der Waals surface area (Å²) in [6.07, 6.45) is 0. The van der Waals surface area contributed by atoms with Crippen LogP contribution in [0, 0.1) is 0 Å². The Balaban J connectivity index is 1.68. The molecule has 122 valence electrons. The third-order valence-corrected chi connectivity index (χ3v) is 5.36. The van der Waals surface area contributed by atoms with Crippen LogP contribution in [0.2, 0.25) is 5.02 Å². The molecule has 23 heavy (non-hydrogen) atoms.